The molecule has 33 heavy (non-hydrogen) atoms. The zero-order valence-corrected chi connectivity index (χ0v) is 18.6. The maximum absolute atomic E-state index is 11.5. The Morgan fingerprint density at radius 2 is 1.79 bits per heavy atom. The number of hydrogen-bond acceptors (Lipinski definition) is 4. The minimum Gasteiger partial charge on any atom is -0.478 e. The van der Waals surface area contributed by atoms with Crippen LogP contribution in [0.2, 0.25) is 0 Å². The number of fused-ring (bicyclic) bond motifs is 1. The van der Waals surface area contributed by atoms with E-state index in [1.54, 1.807) is 18.3 Å². The lowest BCUT2D eigenvalue weighted by Gasteiger charge is -2.25. The van der Waals surface area contributed by atoms with Crippen molar-refractivity contribution in [2.45, 2.75) is 51.2 Å². The Morgan fingerprint density at radius 1 is 1.00 bits per heavy atom. The monoisotopic (exact) mass is 440 g/mol. The Hall–Kier alpha value is -3.51. The number of aromatic carboxylic acids is 1. The van der Waals surface area contributed by atoms with Crippen molar-refractivity contribution < 1.29 is 9.90 Å². The molecule has 6 nitrogen and oxygen atoms in total. The second-order valence-electron chi connectivity index (χ2n) is 8.77. The quantitative estimate of drug-likeness (QED) is 0.391. The number of carboxylic acid groups (broad SMARTS) is 1. The minimum absolute atomic E-state index is 0.275. The summed E-state index contributed by atoms with van der Waals surface area (Å²) in [5.41, 5.74) is 5.47. The maximum atomic E-state index is 11.5. The van der Waals surface area contributed by atoms with Crippen molar-refractivity contribution in [3.63, 3.8) is 0 Å². The van der Waals surface area contributed by atoms with Crippen molar-refractivity contribution in [3.05, 3.63) is 83.7 Å². The number of nitrogens with one attached hydrogen (secondary N) is 1. The van der Waals surface area contributed by atoms with Crippen LogP contribution in [0.15, 0.2) is 67.0 Å². The van der Waals surface area contributed by atoms with Crippen LogP contribution in [0, 0.1) is 0 Å². The molecule has 2 aromatic heterocycles. The molecular weight excluding hydrogens is 412 g/mol. The fourth-order valence-electron chi connectivity index (χ4n) is 4.77. The van der Waals surface area contributed by atoms with Crippen molar-refractivity contribution >= 4 is 17.0 Å². The molecule has 2 heterocycles. The summed E-state index contributed by atoms with van der Waals surface area (Å²) in [5.74, 6) is 0.00288. The second-order valence-corrected chi connectivity index (χ2v) is 8.77. The third kappa shape index (κ3) is 4.66. The maximum Gasteiger partial charge on any atom is 0.335 e. The fraction of sp³-hybridized carbons (Fsp3) is 0.296. The van der Waals surface area contributed by atoms with Gasteiger partial charge in [0.2, 0.25) is 0 Å². The molecule has 168 valence electrons. The van der Waals surface area contributed by atoms with E-state index >= 15 is 0 Å². The van der Waals surface area contributed by atoms with Crippen LogP contribution in [0.1, 0.15) is 59.6 Å². The summed E-state index contributed by atoms with van der Waals surface area (Å²) in [6.07, 6.45) is 9.65. The number of aromatic nitrogens is 3. The highest BCUT2D eigenvalue weighted by Gasteiger charge is 2.23. The highest BCUT2D eigenvalue weighted by molar-refractivity contribution is 5.93. The molecule has 0 aliphatic heterocycles. The molecule has 0 spiro atoms. The van der Waals surface area contributed by atoms with Gasteiger partial charge in [-0.1, -0.05) is 49.6 Å². The lowest BCUT2D eigenvalue weighted by molar-refractivity contribution is 0.0697. The van der Waals surface area contributed by atoms with Crippen molar-refractivity contribution in [1.82, 2.24) is 19.9 Å². The number of nitrogens with zero attached hydrogens (tertiary/aromatic N) is 3. The standard InChI is InChI=1S/C27H28N4O2/c32-27(33)22-12-13-25-24(15-22)30-26(31(25)23-6-2-1-3-7-23)21-10-8-19(9-11-21)16-29-18-20-5-4-14-28-17-20/h4-5,8-15,17,23,29H,1-3,6-7,16,18H2,(H,32,33). The zero-order valence-electron chi connectivity index (χ0n) is 18.6. The third-order valence-corrected chi connectivity index (χ3v) is 6.47. The zero-order chi connectivity index (χ0) is 22.6. The normalized spacial score (nSPS) is 14.5. The van der Waals surface area contributed by atoms with Gasteiger partial charge in [0, 0.05) is 37.1 Å². The van der Waals surface area contributed by atoms with E-state index in [2.05, 4.69) is 45.2 Å². The highest BCUT2D eigenvalue weighted by Crippen LogP contribution is 2.36. The van der Waals surface area contributed by atoms with E-state index in [0.29, 0.717) is 6.04 Å². The van der Waals surface area contributed by atoms with E-state index in [0.717, 1.165) is 53.9 Å². The Morgan fingerprint density at radius 3 is 2.52 bits per heavy atom. The van der Waals surface area contributed by atoms with Gasteiger partial charge in [0.05, 0.1) is 16.6 Å². The van der Waals surface area contributed by atoms with E-state index in [1.165, 1.54) is 24.8 Å². The first kappa shape index (κ1) is 21.3. The summed E-state index contributed by atoms with van der Waals surface area (Å²) in [5, 5.41) is 12.9. The van der Waals surface area contributed by atoms with Crippen molar-refractivity contribution in [3.8, 4) is 11.4 Å². The largest absolute Gasteiger partial charge is 0.478 e. The fourth-order valence-corrected chi connectivity index (χ4v) is 4.77. The predicted molar refractivity (Wildman–Crippen MR) is 129 cm³/mol. The number of pyridine rings is 1. The summed E-state index contributed by atoms with van der Waals surface area (Å²) in [6, 6.07) is 18.2. The average Bonchev–Trinajstić information content (AvgIpc) is 3.24. The third-order valence-electron chi connectivity index (χ3n) is 6.47. The van der Waals surface area contributed by atoms with Crippen LogP contribution >= 0.6 is 0 Å². The molecule has 2 N–H and O–H groups in total. The summed E-state index contributed by atoms with van der Waals surface area (Å²) in [6.45, 7) is 1.55. The number of carbonyl (C=O) groups is 1. The lowest BCUT2D eigenvalue weighted by Crippen LogP contribution is -2.14. The molecule has 1 fully saturated rings. The van der Waals surface area contributed by atoms with Gasteiger partial charge in [-0.2, -0.15) is 0 Å². The van der Waals surface area contributed by atoms with Gasteiger partial charge in [0.25, 0.3) is 0 Å². The Labute approximate surface area is 193 Å². The van der Waals surface area contributed by atoms with Gasteiger partial charge in [0.1, 0.15) is 5.82 Å². The van der Waals surface area contributed by atoms with E-state index in [-0.39, 0.29) is 5.56 Å². The summed E-state index contributed by atoms with van der Waals surface area (Å²) >= 11 is 0. The van der Waals surface area contributed by atoms with Crippen molar-refractivity contribution in [2.75, 3.05) is 0 Å². The first-order valence-corrected chi connectivity index (χ1v) is 11.6. The molecular formula is C27H28N4O2. The van der Waals surface area contributed by atoms with Crippen LogP contribution in [0.5, 0.6) is 0 Å². The first-order valence-electron chi connectivity index (χ1n) is 11.6. The predicted octanol–water partition coefficient (Wildman–Crippen LogP) is 5.59. The average molecular weight is 441 g/mol. The molecule has 0 radical (unpaired) electrons. The minimum atomic E-state index is -0.922. The molecule has 1 aliphatic carbocycles. The van der Waals surface area contributed by atoms with Gasteiger partial charge < -0.3 is 15.0 Å². The molecule has 4 aromatic rings. The molecule has 2 aromatic carbocycles. The molecule has 5 rings (SSSR count). The van der Waals surface area contributed by atoms with Gasteiger partial charge >= 0.3 is 5.97 Å². The first-order chi connectivity index (χ1) is 16.2. The van der Waals surface area contributed by atoms with Crippen LogP contribution < -0.4 is 5.32 Å². The van der Waals surface area contributed by atoms with E-state index < -0.39 is 5.97 Å². The number of rotatable bonds is 7. The smallest absolute Gasteiger partial charge is 0.335 e. The van der Waals surface area contributed by atoms with Gasteiger partial charge in [-0.15, -0.1) is 0 Å². The Bertz CT molecular complexity index is 1240. The van der Waals surface area contributed by atoms with Gasteiger partial charge in [-0.05, 0) is 48.2 Å². The molecule has 1 aliphatic rings. The highest BCUT2D eigenvalue weighted by atomic mass is 16.4. The molecule has 0 saturated heterocycles. The molecule has 0 amide bonds. The molecule has 0 atom stereocenters. The summed E-state index contributed by atoms with van der Waals surface area (Å²) < 4.78 is 2.34. The van der Waals surface area contributed by atoms with Gasteiger partial charge in [-0.25, -0.2) is 9.78 Å². The summed E-state index contributed by atoms with van der Waals surface area (Å²) in [4.78, 5) is 20.5. The molecule has 6 heteroatoms. The number of benzene rings is 2. The SMILES string of the molecule is O=C(O)c1ccc2c(c1)nc(-c1ccc(CNCc3cccnc3)cc1)n2C1CCCCC1. The number of carboxylic acids is 1. The van der Waals surface area contributed by atoms with Crippen LogP contribution in [-0.2, 0) is 13.1 Å². The summed E-state index contributed by atoms with van der Waals surface area (Å²) in [7, 11) is 0. The Balaban J connectivity index is 1.42. The van der Waals surface area contributed by atoms with Crippen LogP contribution in [0.4, 0.5) is 0 Å². The Kier molecular flexibility index (Phi) is 6.17. The second kappa shape index (κ2) is 9.55. The van der Waals surface area contributed by atoms with Crippen molar-refractivity contribution in [2.24, 2.45) is 0 Å². The van der Waals surface area contributed by atoms with Crippen molar-refractivity contribution in [1.29, 1.82) is 0 Å². The molecule has 0 unspecified atom stereocenters. The van der Waals surface area contributed by atoms with Crippen LogP contribution in [0.25, 0.3) is 22.4 Å². The van der Waals surface area contributed by atoms with Gasteiger partial charge in [0.15, 0.2) is 0 Å². The molecule has 0 bridgehead atoms. The topological polar surface area (TPSA) is 80.0 Å². The van der Waals surface area contributed by atoms with E-state index in [9.17, 15) is 9.90 Å². The van der Waals surface area contributed by atoms with E-state index in [4.69, 9.17) is 4.98 Å². The number of hydrogen-bond donors (Lipinski definition) is 2. The van der Waals surface area contributed by atoms with Crippen LogP contribution in [0.3, 0.4) is 0 Å². The molecule has 1 saturated carbocycles. The lowest BCUT2D eigenvalue weighted by atomic mass is 9.94. The number of imidazole rings is 1. The van der Waals surface area contributed by atoms with Crippen LogP contribution in [-0.4, -0.2) is 25.6 Å². The van der Waals surface area contributed by atoms with Gasteiger partial charge in [-0.3, -0.25) is 4.98 Å². The van der Waals surface area contributed by atoms with E-state index in [1.807, 2.05) is 18.3 Å².